The van der Waals surface area contributed by atoms with Crippen LogP contribution < -0.4 is 4.74 Å². The molecule has 0 bridgehead atoms. The van der Waals surface area contributed by atoms with E-state index in [4.69, 9.17) is 39.5 Å². The third-order valence-electron chi connectivity index (χ3n) is 4.19. The van der Waals surface area contributed by atoms with Crippen molar-refractivity contribution >= 4 is 34.8 Å². The molecule has 2 atom stereocenters. The third-order valence-corrected chi connectivity index (χ3v) is 5.60. The van der Waals surface area contributed by atoms with E-state index in [-0.39, 0.29) is 16.9 Å². The highest BCUT2D eigenvalue weighted by molar-refractivity contribution is 6.42. The van der Waals surface area contributed by atoms with Crippen LogP contribution in [0.5, 0.6) is 5.75 Å². The molecule has 0 spiro atoms. The number of ether oxygens (including phenoxy) is 1. The van der Waals surface area contributed by atoms with Crippen LogP contribution in [0.4, 0.5) is 0 Å². The van der Waals surface area contributed by atoms with Crippen molar-refractivity contribution in [2.24, 2.45) is 5.41 Å². The molecule has 2 rings (SSSR count). The number of rotatable bonds is 4. The van der Waals surface area contributed by atoms with Crippen LogP contribution in [0.2, 0.25) is 10.0 Å². The maximum atomic E-state index is 6.37. The van der Waals surface area contributed by atoms with Gasteiger partial charge in [0.1, 0.15) is 16.9 Å². The second-order valence-corrected chi connectivity index (χ2v) is 6.11. The molecular formula is C14H17Cl3O. The molecule has 1 fully saturated rings. The van der Waals surface area contributed by atoms with Crippen molar-refractivity contribution in [1.29, 1.82) is 0 Å². The summed E-state index contributed by atoms with van der Waals surface area (Å²) in [5.41, 5.74) is 0.0627. The lowest BCUT2D eigenvalue weighted by Gasteiger charge is -2.52. The Morgan fingerprint density at radius 2 is 1.94 bits per heavy atom. The number of hydrogen-bond acceptors (Lipinski definition) is 1. The maximum absolute atomic E-state index is 6.37. The van der Waals surface area contributed by atoms with Crippen molar-refractivity contribution in [3.8, 4) is 5.75 Å². The van der Waals surface area contributed by atoms with Gasteiger partial charge in [-0.3, -0.25) is 0 Å². The molecule has 1 aliphatic carbocycles. The van der Waals surface area contributed by atoms with E-state index in [1.54, 1.807) is 6.07 Å². The second-order valence-electron chi connectivity index (χ2n) is 4.80. The van der Waals surface area contributed by atoms with Crippen molar-refractivity contribution < 1.29 is 4.74 Å². The van der Waals surface area contributed by atoms with Crippen LogP contribution in [-0.4, -0.2) is 11.5 Å². The molecule has 1 aromatic carbocycles. The highest BCUT2D eigenvalue weighted by Gasteiger charge is 2.53. The minimum Gasteiger partial charge on any atom is -0.488 e. The second kappa shape index (κ2) is 5.48. The molecule has 0 radical (unpaired) electrons. The first-order chi connectivity index (χ1) is 8.55. The van der Waals surface area contributed by atoms with E-state index in [1.165, 1.54) is 0 Å². The van der Waals surface area contributed by atoms with Crippen LogP contribution in [0.1, 0.15) is 33.1 Å². The molecule has 0 heterocycles. The van der Waals surface area contributed by atoms with Gasteiger partial charge in [0.05, 0.1) is 5.02 Å². The van der Waals surface area contributed by atoms with Crippen molar-refractivity contribution in [2.75, 3.05) is 0 Å². The lowest BCUT2D eigenvalue weighted by molar-refractivity contribution is -0.0461. The summed E-state index contributed by atoms with van der Waals surface area (Å²) in [4.78, 5) is 0. The summed E-state index contributed by atoms with van der Waals surface area (Å²) in [5, 5.41) is 1.20. The predicted molar refractivity (Wildman–Crippen MR) is 78.2 cm³/mol. The van der Waals surface area contributed by atoms with Gasteiger partial charge in [0, 0.05) is 17.2 Å². The van der Waals surface area contributed by atoms with Crippen LogP contribution in [0.15, 0.2) is 18.2 Å². The Hall–Kier alpha value is -0.110. The Balaban J connectivity index is 2.18. The molecule has 1 aliphatic rings. The highest BCUT2D eigenvalue weighted by atomic mass is 35.5. The first-order valence-electron chi connectivity index (χ1n) is 6.30. The van der Waals surface area contributed by atoms with Crippen LogP contribution in [0.3, 0.4) is 0 Å². The van der Waals surface area contributed by atoms with Gasteiger partial charge in [-0.1, -0.05) is 43.1 Å². The van der Waals surface area contributed by atoms with Crippen molar-refractivity contribution in [1.82, 2.24) is 0 Å². The molecule has 100 valence electrons. The molecule has 2 unspecified atom stereocenters. The highest BCUT2D eigenvalue weighted by Crippen LogP contribution is 2.52. The molecule has 0 amide bonds. The minimum atomic E-state index is 0.0627. The largest absolute Gasteiger partial charge is 0.488 e. The average Bonchev–Trinajstić information content (AvgIpc) is 2.36. The molecule has 4 heteroatoms. The molecule has 1 aromatic rings. The summed E-state index contributed by atoms with van der Waals surface area (Å²) in [6, 6.07) is 5.46. The fourth-order valence-corrected chi connectivity index (χ4v) is 3.69. The fraction of sp³-hybridized carbons (Fsp3) is 0.571. The Kier molecular flexibility index (Phi) is 4.36. The topological polar surface area (TPSA) is 9.23 Å². The summed E-state index contributed by atoms with van der Waals surface area (Å²) in [6.07, 6.45) is 3.03. The van der Waals surface area contributed by atoms with E-state index < -0.39 is 0 Å². The Morgan fingerprint density at radius 1 is 1.28 bits per heavy atom. The Morgan fingerprint density at radius 3 is 2.50 bits per heavy atom. The average molecular weight is 308 g/mol. The quantitative estimate of drug-likeness (QED) is 0.662. The lowest BCUT2D eigenvalue weighted by atomic mass is 9.62. The van der Waals surface area contributed by atoms with E-state index in [0.29, 0.717) is 15.8 Å². The Bertz CT molecular complexity index is 429. The number of hydrogen-bond donors (Lipinski definition) is 0. The predicted octanol–water partition coefficient (Wildman–Crippen LogP) is 5.56. The standard InChI is InChI=1S/C14H17Cl3O/c1-3-14(4-2)11(16)8-12(14)18-10-7-5-6-9(15)13(10)17/h5-7,11-12H,3-4,8H2,1-2H3. The summed E-state index contributed by atoms with van der Waals surface area (Å²) >= 11 is 18.5. The van der Waals surface area contributed by atoms with Crippen LogP contribution in [0.25, 0.3) is 0 Å². The van der Waals surface area contributed by atoms with Gasteiger partial charge in [-0.15, -0.1) is 11.6 Å². The molecule has 0 saturated heterocycles. The molecule has 0 aliphatic heterocycles. The number of benzene rings is 1. The van der Waals surface area contributed by atoms with Gasteiger partial charge < -0.3 is 4.74 Å². The van der Waals surface area contributed by atoms with E-state index in [0.717, 1.165) is 19.3 Å². The molecular weight excluding hydrogens is 291 g/mol. The number of alkyl halides is 1. The van der Waals surface area contributed by atoms with E-state index in [2.05, 4.69) is 13.8 Å². The van der Waals surface area contributed by atoms with Crippen LogP contribution >= 0.6 is 34.8 Å². The van der Waals surface area contributed by atoms with Gasteiger partial charge in [0.25, 0.3) is 0 Å². The zero-order chi connectivity index (χ0) is 13.3. The maximum Gasteiger partial charge on any atom is 0.139 e. The molecule has 1 saturated carbocycles. The smallest absolute Gasteiger partial charge is 0.139 e. The SMILES string of the molecule is CCC1(CC)C(Cl)CC1Oc1cccc(Cl)c1Cl. The van der Waals surface area contributed by atoms with E-state index in [1.807, 2.05) is 12.1 Å². The summed E-state index contributed by atoms with van der Waals surface area (Å²) in [6.45, 7) is 4.32. The van der Waals surface area contributed by atoms with Gasteiger partial charge in [0.2, 0.25) is 0 Å². The Labute approximate surface area is 123 Å². The van der Waals surface area contributed by atoms with Crippen molar-refractivity contribution in [3.05, 3.63) is 28.2 Å². The molecule has 0 N–H and O–H groups in total. The first-order valence-corrected chi connectivity index (χ1v) is 7.49. The molecule has 18 heavy (non-hydrogen) atoms. The monoisotopic (exact) mass is 306 g/mol. The van der Waals surface area contributed by atoms with E-state index in [9.17, 15) is 0 Å². The third kappa shape index (κ3) is 2.21. The summed E-state index contributed by atoms with van der Waals surface area (Å²) < 4.78 is 6.03. The van der Waals surface area contributed by atoms with Gasteiger partial charge in [-0.2, -0.15) is 0 Å². The van der Waals surface area contributed by atoms with Gasteiger partial charge >= 0.3 is 0 Å². The lowest BCUT2D eigenvalue weighted by Crippen LogP contribution is -2.56. The van der Waals surface area contributed by atoms with Gasteiger partial charge in [0.15, 0.2) is 0 Å². The zero-order valence-electron chi connectivity index (χ0n) is 10.6. The van der Waals surface area contributed by atoms with Gasteiger partial charge in [-0.05, 0) is 25.0 Å². The summed E-state index contributed by atoms with van der Waals surface area (Å²) in [7, 11) is 0. The first kappa shape index (κ1) is 14.3. The molecule has 0 aromatic heterocycles. The fourth-order valence-electron chi connectivity index (χ4n) is 2.74. The van der Waals surface area contributed by atoms with Gasteiger partial charge in [-0.25, -0.2) is 0 Å². The zero-order valence-corrected chi connectivity index (χ0v) is 12.8. The molecule has 1 nitrogen and oxygen atoms in total. The normalized spacial score (nSPS) is 25.6. The summed E-state index contributed by atoms with van der Waals surface area (Å²) in [5.74, 6) is 0.656. The van der Waals surface area contributed by atoms with Crippen LogP contribution in [-0.2, 0) is 0 Å². The van der Waals surface area contributed by atoms with Crippen molar-refractivity contribution in [2.45, 2.75) is 44.6 Å². The minimum absolute atomic E-state index is 0.0627. The number of halogens is 3. The van der Waals surface area contributed by atoms with E-state index >= 15 is 0 Å². The van der Waals surface area contributed by atoms with Crippen LogP contribution in [0, 0.1) is 5.41 Å². The van der Waals surface area contributed by atoms with Crippen molar-refractivity contribution in [3.63, 3.8) is 0 Å².